The SMILES string of the molecule is COc1ccc2c(c1)N(CC(=O)OC(C)(C)C)C(=O)[C@@H](C(=O)OC(C)(C)C)CC2. The zero-order valence-electron chi connectivity index (χ0n) is 18.3. The molecule has 2 rings (SSSR count). The molecule has 7 heteroatoms. The van der Waals surface area contributed by atoms with Gasteiger partial charge in [-0.3, -0.25) is 14.4 Å². The quantitative estimate of drug-likeness (QED) is 0.565. The number of carbonyl (C=O) groups is 3. The molecule has 160 valence electrons. The molecule has 0 aromatic heterocycles. The molecule has 1 heterocycles. The number of amides is 1. The largest absolute Gasteiger partial charge is 0.497 e. The van der Waals surface area contributed by atoms with E-state index in [1.54, 1.807) is 53.7 Å². The molecule has 0 spiro atoms. The molecule has 1 aromatic carbocycles. The van der Waals surface area contributed by atoms with Gasteiger partial charge in [-0.15, -0.1) is 0 Å². The van der Waals surface area contributed by atoms with E-state index in [1.165, 1.54) is 12.0 Å². The standard InChI is InChI=1S/C22H31NO6/c1-21(2,3)28-18(24)13-23-17-12-15(27-7)10-8-14(17)9-11-16(19(23)25)20(26)29-22(4,5)6/h8,10,12,16H,9,11,13H2,1-7H3/t16-/m0/s1. The molecular weight excluding hydrogens is 374 g/mol. The van der Waals surface area contributed by atoms with Gasteiger partial charge in [0.2, 0.25) is 5.91 Å². The van der Waals surface area contributed by atoms with Crippen LogP contribution in [0, 0.1) is 5.92 Å². The molecule has 1 amide bonds. The van der Waals surface area contributed by atoms with E-state index in [1.807, 2.05) is 6.07 Å². The lowest BCUT2D eigenvalue weighted by Gasteiger charge is -2.28. The molecule has 0 saturated heterocycles. The Balaban J connectivity index is 2.41. The van der Waals surface area contributed by atoms with Crippen LogP contribution in [0.4, 0.5) is 5.69 Å². The number of ether oxygens (including phenoxy) is 3. The number of esters is 2. The van der Waals surface area contributed by atoms with Gasteiger partial charge < -0.3 is 19.1 Å². The first-order valence-corrected chi connectivity index (χ1v) is 9.74. The summed E-state index contributed by atoms with van der Waals surface area (Å²) in [5.41, 5.74) is 0.00349. The maximum atomic E-state index is 13.3. The van der Waals surface area contributed by atoms with Crippen LogP contribution in [-0.2, 0) is 30.3 Å². The van der Waals surface area contributed by atoms with Crippen molar-refractivity contribution in [3.05, 3.63) is 23.8 Å². The number of nitrogens with zero attached hydrogens (tertiary/aromatic N) is 1. The van der Waals surface area contributed by atoms with Crippen LogP contribution in [0.2, 0.25) is 0 Å². The second kappa shape index (κ2) is 8.43. The lowest BCUT2D eigenvalue weighted by atomic mass is 10.00. The lowest BCUT2D eigenvalue weighted by molar-refractivity contribution is -0.163. The number of hydrogen-bond acceptors (Lipinski definition) is 6. The van der Waals surface area contributed by atoms with Crippen LogP contribution in [0.1, 0.15) is 53.5 Å². The fourth-order valence-corrected chi connectivity index (χ4v) is 3.12. The number of rotatable bonds is 4. The molecule has 1 aliphatic rings. The summed E-state index contributed by atoms with van der Waals surface area (Å²) in [7, 11) is 1.53. The van der Waals surface area contributed by atoms with Crippen molar-refractivity contribution < 1.29 is 28.6 Å². The molecule has 29 heavy (non-hydrogen) atoms. The first-order chi connectivity index (χ1) is 13.3. The predicted molar refractivity (Wildman–Crippen MR) is 109 cm³/mol. The molecule has 0 fully saturated rings. The second-order valence-electron chi connectivity index (χ2n) is 9.13. The van der Waals surface area contributed by atoms with Gasteiger partial charge in [-0.05, 0) is 66.0 Å². The maximum absolute atomic E-state index is 13.3. The van der Waals surface area contributed by atoms with Crippen LogP contribution >= 0.6 is 0 Å². The highest BCUT2D eigenvalue weighted by molar-refractivity contribution is 6.09. The molecule has 0 aliphatic carbocycles. The number of benzene rings is 1. The summed E-state index contributed by atoms with van der Waals surface area (Å²) in [6, 6.07) is 5.35. The lowest BCUT2D eigenvalue weighted by Crippen LogP contribution is -2.44. The molecule has 0 saturated carbocycles. The molecule has 0 bridgehead atoms. The van der Waals surface area contributed by atoms with E-state index in [0.29, 0.717) is 24.3 Å². The van der Waals surface area contributed by atoms with Crippen LogP contribution < -0.4 is 9.64 Å². The Bertz CT molecular complexity index is 787. The van der Waals surface area contributed by atoms with E-state index in [9.17, 15) is 14.4 Å². The Morgan fingerprint density at radius 1 is 1.07 bits per heavy atom. The monoisotopic (exact) mass is 405 g/mol. The number of anilines is 1. The minimum absolute atomic E-state index is 0.296. The molecule has 0 N–H and O–H groups in total. The van der Waals surface area contributed by atoms with Crippen molar-refractivity contribution in [3.63, 3.8) is 0 Å². The maximum Gasteiger partial charge on any atom is 0.326 e. The average molecular weight is 405 g/mol. The third kappa shape index (κ3) is 6.21. The van der Waals surface area contributed by atoms with Crippen molar-refractivity contribution in [2.45, 2.75) is 65.6 Å². The second-order valence-corrected chi connectivity index (χ2v) is 9.13. The topological polar surface area (TPSA) is 82.1 Å². The number of aryl methyl sites for hydroxylation is 1. The first kappa shape index (κ1) is 22.7. The summed E-state index contributed by atoms with van der Waals surface area (Å²) in [4.78, 5) is 39.8. The fraction of sp³-hybridized carbons (Fsp3) is 0.591. The molecular formula is C22H31NO6. The van der Waals surface area contributed by atoms with E-state index in [4.69, 9.17) is 14.2 Å². The van der Waals surface area contributed by atoms with E-state index >= 15 is 0 Å². The van der Waals surface area contributed by atoms with Gasteiger partial charge in [-0.25, -0.2) is 0 Å². The van der Waals surface area contributed by atoms with Gasteiger partial charge in [0.25, 0.3) is 0 Å². The van der Waals surface area contributed by atoms with E-state index < -0.39 is 35.0 Å². The summed E-state index contributed by atoms with van der Waals surface area (Å²) < 4.78 is 16.1. The van der Waals surface area contributed by atoms with Crippen LogP contribution in [0.3, 0.4) is 0 Å². The van der Waals surface area contributed by atoms with E-state index in [0.717, 1.165) is 5.56 Å². The van der Waals surface area contributed by atoms with Crippen molar-refractivity contribution in [1.82, 2.24) is 0 Å². The van der Waals surface area contributed by atoms with Gasteiger partial charge in [0, 0.05) is 6.07 Å². The van der Waals surface area contributed by atoms with Crippen LogP contribution in [-0.4, -0.2) is 42.7 Å². The summed E-state index contributed by atoms with van der Waals surface area (Å²) in [6.07, 6.45) is 0.803. The molecule has 1 atom stereocenters. The number of hydrogen-bond donors (Lipinski definition) is 0. The normalized spacial score (nSPS) is 17.3. The van der Waals surface area contributed by atoms with Crippen molar-refractivity contribution in [2.75, 3.05) is 18.6 Å². The zero-order valence-corrected chi connectivity index (χ0v) is 18.3. The molecule has 1 aromatic rings. The van der Waals surface area contributed by atoms with Gasteiger partial charge in [0.1, 0.15) is 29.4 Å². The minimum atomic E-state index is -0.991. The molecule has 1 aliphatic heterocycles. The summed E-state index contributed by atoms with van der Waals surface area (Å²) in [6.45, 7) is 10.2. The van der Waals surface area contributed by atoms with Crippen molar-refractivity contribution in [3.8, 4) is 5.75 Å². The first-order valence-electron chi connectivity index (χ1n) is 9.74. The third-order valence-corrected chi connectivity index (χ3v) is 4.25. The van der Waals surface area contributed by atoms with Gasteiger partial charge in [-0.2, -0.15) is 0 Å². The number of methoxy groups -OCH3 is 1. The zero-order chi connectivity index (χ0) is 22.0. The molecule has 7 nitrogen and oxygen atoms in total. The average Bonchev–Trinajstić information content (AvgIpc) is 2.69. The predicted octanol–water partition coefficient (Wildman–Crippen LogP) is 3.27. The minimum Gasteiger partial charge on any atom is -0.497 e. The van der Waals surface area contributed by atoms with Crippen LogP contribution in [0.15, 0.2) is 18.2 Å². The van der Waals surface area contributed by atoms with Gasteiger partial charge >= 0.3 is 11.9 Å². The van der Waals surface area contributed by atoms with Crippen molar-refractivity contribution in [1.29, 1.82) is 0 Å². The van der Waals surface area contributed by atoms with Crippen LogP contribution in [0.25, 0.3) is 0 Å². The summed E-state index contributed by atoms with van der Waals surface area (Å²) >= 11 is 0. The fourth-order valence-electron chi connectivity index (χ4n) is 3.12. The Hall–Kier alpha value is -2.57. The Labute approximate surface area is 172 Å². The van der Waals surface area contributed by atoms with E-state index in [-0.39, 0.29) is 6.54 Å². The Morgan fingerprint density at radius 3 is 2.24 bits per heavy atom. The highest BCUT2D eigenvalue weighted by atomic mass is 16.6. The summed E-state index contributed by atoms with van der Waals surface area (Å²) in [5, 5.41) is 0. The van der Waals surface area contributed by atoms with Gasteiger partial charge in [0.15, 0.2) is 0 Å². The van der Waals surface area contributed by atoms with Gasteiger partial charge in [-0.1, -0.05) is 6.07 Å². The molecule has 0 unspecified atom stereocenters. The third-order valence-electron chi connectivity index (χ3n) is 4.25. The van der Waals surface area contributed by atoms with Gasteiger partial charge in [0.05, 0.1) is 12.8 Å². The molecule has 0 radical (unpaired) electrons. The van der Waals surface area contributed by atoms with Crippen molar-refractivity contribution in [2.24, 2.45) is 5.92 Å². The number of carbonyl (C=O) groups excluding carboxylic acids is 3. The number of fused-ring (bicyclic) bond motifs is 1. The van der Waals surface area contributed by atoms with Crippen molar-refractivity contribution >= 4 is 23.5 Å². The summed E-state index contributed by atoms with van der Waals surface area (Å²) in [5.74, 6) is -2.05. The highest BCUT2D eigenvalue weighted by Gasteiger charge is 2.39. The highest BCUT2D eigenvalue weighted by Crippen LogP contribution is 2.33. The smallest absolute Gasteiger partial charge is 0.326 e. The Kier molecular flexibility index (Phi) is 6.60. The van der Waals surface area contributed by atoms with Crippen LogP contribution in [0.5, 0.6) is 5.75 Å². The van der Waals surface area contributed by atoms with E-state index in [2.05, 4.69) is 0 Å². The Morgan fingerprint density at radius 2 is 1.69 bits per heavy atom.